The van der Waals surface area contributed by atoms with Crippen molar-refractivity contribution in [1.29, 1.82) is 0 Å². The highest BCUT2D eigenvalue weighted by Gasteiger charge is 2.76. The predicted molar refractivity (Wildman–Crippen MR) is 118 cm³/mol. The van der Waals surface area contributed by atoms with Gasteiger partial charge in [-0.3, -0.25) is 28.9 Å². The van der Waals surface area contributed by atoms with Gasteiger partial charge in [0.2, 0.25) is 5.91 Å². The number of benzene rings is 1. The summed E-state index contributed by atoms with van der Waals surface area (Å²) in [5, 5.41) is 22.2. The Morgan fingerprint density at radius 3 is 2.31 bits per heavy atom. The number of phenols is 1. The number of nitrogens with two attached hydrogens (primary N) is 2. The first-order valence-electron chi connectivity index (χ1n) is 11.2. The number of nitrogens with zero attached hydrogens (tertiary/aromatic N) is 1. The molecule has 2 saturated carbocycles. The summed E-state index contributed by atoms with van der Waals surface area (Å²) in [5.41, 5.74) is 5.39. The number of hydrogen-bond donors (Lipinski definition) is 4. The highest BCUT2D eigenvalue weighted by atomic mass is 19.1. The maximum absolute atomic E-state index is 14.4. The number of halogens is 1. The number of aliphatic hydroxyl groups is 1. The minimum absolute atomic E-state index is 0.00169. The summed E-state index contributed by atoms with van der Waals surface area (Å²) in [7, 11) is 3.02. The Kier molecular flexibility index (Phi) is 5.37. The predicted octanol–water partition coefficient (Wildman–Crippen LogP) is -0.755. The number of Topliss-reactive ketones (excluding diaryl/α,β-unsaturated/α-hetero) is 4. The molecule has 2 fully saturated rings. The van der Waals surface area contributed by atoms with Crippen molar-refractivity contribution >= 4 is 29.0 Å². The SMILES string of the molecule is CN(C)[C@@H]1C(=O)C(C(N)=O)C(=O)[C@@]2(O)C(=O)C3C(=O)c4c(O)c(F)cc(CN)c4C[C@@]3(C)C[C@@]12C. The van der Waals surface area contributed by atoms with Gasteiger partial charge in [0.05, 0.1) is 17.5 Å². The Morgan fingerprint density at radius 2 is 1.80 bits per heavy atom. The van der Waals surface area contributed by atoms with Crippen LogP contribution in [-0.2, 0) is 32.1 Å². The minimum atomic E-state index is -2.90. The molecule has 6 atom stereocenters. The topological polar surface area (TPSA) is 181 Å². The van der Waals surface area contributed by atoms with Crippen LogP contribution in [-0.4, -0.2) is 69.9 Å². The molecule has 10 nitrogen and oxygen atoms in total. The standard InChI is InChI=1S/C24H28FN3O7/c1-22-6-10-9(7-26)5-11(25)15(29)12(10)16(30)14(22)20(33)24(35)19(32)13(21(27)34)17(31)18(28(3)4)23(24,2)8-22/h5,13-14,18,29,35H,6-8,26H2,1-4H3,(H2,27,34)/t13?,14?,18-,22+,23+,24-/m1/s1. The Hall–Kier alpha value is -3.02. The van der Waals surface area contributed by atoms with Gasteiger partial charge in [0.25, 0.3) is 0 Å². The molecule has 11 heteroatoms. The highest BCUT2D eigenvalue weighted by molar-refractivity contribution is 6.33. The zero-order valence-electron chi connectivity index (χ0n) is 19.8. The summed E-state index contributed by atoms with van der Waals surface area (Å²) in [6, 6.07) is -0.224. The van der Waals surface area contributed by atoms with Crippen LogP contribution in [0.1, 0.15) is 41.8 Å². The third-order valence-corrected chi connectivity index (χ3v) is 8.25. The van der Waals surface area contributed by atoms with Crippen molar-refractivity contribution in [2.45, 2.75) is 44.9 Å². The van der Waals surface area contributed by atoms with Crippen molar-refractivity contribution in [1.82, 2.24) is 4.90 Å². The lowest BCUT2D eigenvalue weighted by molar-refractivity contribution is -0.203. The van der Waals surface area contributed by atoms with E-state index in [1.54, 1.807) is 6.92 Å². The van der Waals surface area contributed by atoms with Crippen LogP contribution in [0.3, 0.4) is 0 Å². The van der Waals surface area contributed by atoms with Crippen molar-refractivity contribution in [2.24, 2.45) is 34.1 Å². The van der Waals surface area contributed by atoms with Crippen LogP contribution in [0.2, 0.25) is 0 Å². The van der Waals surface area contributed by atoms with Crippen molar-refractivity contribution in [3.8, 4) is 5.75 Å². The maximum atomic E-state index is 14.4. The molecule has 0 saturated heterocycles. The summed E-state index contributed by atoms with van der Waals surface area (Å²) in [5.74, 6) is -11.4. The van der Waals surface area contributed by atoms with E-state index in [0.29, 0.717) is 0 Å². The third kappa shape index (κ3) is 2.88. The number of aromatic hydroxyl groups is 1. The molecule has 3 aliphatic carbocycles. The fourth-order valence-corrected chi connectivity index (χ4v) is 7.01. The van der Waals surface area contributed by atoms with Crippen LogP contribution in [0.25, 0.3) is 0 Å². The van der Waals surface area contributed by atoms with Gasteiger partial charge in [0, 0.05) is 12.0 Å². The smallest absolute Gasteiger partial charge is 0.235 e. The number of carbonyl (C=O) groups is 5. The molecule has 1 aromatic rings. The largest absolute Gasteiger partial charge is 0.504 e. The second kappa shape index (κ2) is 7.49. The van der Waals surface area contributed by atoms with Crippen LogP contribution in [0.15, 0.2) is 6.07 Å². The third-order valence-electron chi connectivity index (χ3n) is 8.25. The fraction of sp³-hybridized carbons (Fsp3) is 0.542. The molecular formula is C24H28FN3O7. The van der Waals surface area contributed by atoms with Gasteiger partial charge in [-0.2, -0.15) is 0 Å². The van der Waals surface area contributed by atoms with Crippen LogP contribution >= 0.6 is 0 Å². The van der Waals surface area contributed by atoms with E-state index in [4.69, 9.17) is 11.5 Å². The normalized spacial score (nSPS) is 36.6. The van der Waals surface area contributed by atoms with E-state index in [0.717, 1.165) is 6.07 Å². The monoisotopic (exact) mass is 489 g/mol. The average Bonchev–Trinajstić information content (AvgIpc) is 2.72. The zero-order chi connectivity index (χ0) is 26.4. The second-order valence-electron chi connectivity index (χ2n) is 10.7. The average molecular weight is 490 g/mol. The fourth-order valence-electron chi connectivity index (χ4n) is 7.01. The van der Waals surface area contributed by atoms with Crippen molar-refractivity contribution < 1.29 is 38.6 Å². The number of rotatable bonds is 3. The molecule has 0 aromatic heterocycles. The molecule has 188 valence electrons. The van der Waals surface area contributed by atoms with Gasteiger partial charge in [0.1, 0.15) is 0 Å². The van der Waals surface area contributed by atoms with Gasteiger partial charge in [0.15, 0.2) is 46.2 Å². The second-order valence-corrected chi connectivity index (χ2v) is 10.7. The molecule has 1 amide bonds. The summed E-state index contributed by atoms with van der Waals surface area (Å²) in [6.45, 7) is 2.89. The number of carbonyl (C=O) groups excluding carboxylic acids is 5. The Morgan fingerprint density at radius 1 is 1.20 bits per heavy atom. The number of fused-ring (bicyclic) bond motifs is 3. The van der Waals surface area contributed by atoms with Crippen molar-refractivity contribution in [3.63, 3.8) is 0 Å². The Balaban J connectivity index is 2.01. The first-order valence-corrected chi connectivity index (χ1v) is 11.2. The molecule has 0 heterocycles. The van der Waals surface area contributed by atoms with Crippen LogP contribution < -0.4 is 11.5 Å². The van der Waals surface area contributed by atoms with Gasteiger partial charge in [-0.05, 0) is 49.5 Å². The number of likely N-dealkylation sites (N-methyl/N-ethyl adjacent to an activating group) is 1. The summed E-state index contributed by atoms with van der Waals surface area (Å²) in [6.07, 6.45) is -0.148. The van der Waals surface area contributed by atoms with E-state index in [-0.39, 0.29) is 30.5 Å². The zero-order valence-corrected chi connectivity index (χ0v) is 19.8. The summed E-state index contributed by atoms with van der Waals surface area (Å²) in [4.78, 5) is 67.8. The van der Waals surface area contributed by atoms with Gasteiger partial charge in [-0.25, -0.2) is 4.39 Å². The first-order chi connectivity index (χ1) is 16.1. The number of amides is 1. The molecular weight excluding hydrogens is 461 g/mol. The van der Waals surface area contributed by atoms with E-state index in [1.807, 2.05) is 0 Å². The molecule has 0 aliphatic heterocycles. The molecule has 3 aliphatic rings. The van der Waals surface area contributed by atoms with E-state index in [2.05, 4.69) is 0 Å². The van der Waals surface area contributed by atoms with E-state index >= 15 is 0 Å². The summed E-state index contributed by atoms with van der Waals surface area (Å²) < 4.78 is 14.4. The quantitative estimate of drug-likeness (QED) is 0.397. The molecule has 0 radical (unpaired) electrons. The lowest BCUT2D eigenvalue weighted by Gasteiger charge is -2.61. The van der Waals surface area contributed by atoms with Gasteiger partial charge >= 0.3 is 0 Å². The number of hydrogen-bond acceptors (Lipinski definition) is 9. The summed E-state index contributed by atoms with van der Waals surface area (Å²) >= 11 is 0. The van der Waals surface area contributed by atoms with E-state index in [9.17, 15) is 38.6 Å². The van der Waals surface area contributed by atoms with Gasteiger partial charge in [-0.15, -0.1) is 0 Å². The molecule has 35 heavy (non-hydrogen) atoms. The molecule has 6 N–H and O–H groups in total. The van der Waals surface area contributed by atoms with Crippen LogP contribution in [0, 0.1) is 28.5 Å². The molecule has 2 unspecified atom stereocenters. The molecule has 4 rings (SSSR count). The number of phenolic OH excluding ortho intramolecular Hbond substituents is 1. The van der Waals surface area contributed by atoms with Gasteiger partial charge < -0.3 is 21.7 Å². The first kappa shape index (κ1) is 25.1. The lowest BCUT2D eigenvalue weighted by Crippen LogP contribution is -2.79. The van der Waals surface area contributed by atoms with Crippen molar-refractivity contribution in [3.05, 3.63) is 28.6 Å². The molecule has 1 aromatic carbocycles. The van der Waals surface area contributed by atoms with Crippen LogP contribution in [0.4, 0.5) is 4.39 Å². The highest BCUT2D eigenvalue weighted by Crippen LogP contribution is 2.61. The molecule has 0 bridgehead atoms. The maximum Gasteiger partial charge on any atom is 0.235 e. The van der Waals surface area contributed by atoms with E-state index in [1.165, 1.54) is 25.9 Å². The minimum Gasteiger partial charge on any atom is -0.504 e. The Bertz CT molecular complexity index is 1230. The number of primary amides is 1. The van der Waals surface area contributed by atoms with Gasteiger partial charge in [-0.1, -0.05) is 13.8 Å². The lowest BCUT2D eigenvalue weighted by atomic mass is 9.42. The molecule has 0 spiro atoms. The number of ketones is 4. The van der Waals surface area contributed by atoms with Crippen LogP contribution in [0.5, 0.6) is 5.75 Å². The van der Waals surface area contributed by atoms with E-state index < -0.39 is 80.5 Å². The van der Waals surface area contributed by atoms with Crippen molar-refractivity contribution in [2.75, 3.05) is 14.1 Å². The Labute approximate surface area is 200 Å².